The van der Waals surface area contributed by atoms with Gasteiger partial charge in [-0.25, -0.2) is 0 Å². The molecule has 1 fully saturated rings. The van der Waals surface area contributed by atoms with Crippen LogP contribution >= 0.6 is 15.9 Å². The smallest absolute Gasteiger partial charge is 0.105 e. The van der Waals surface area contributed by atoms with Crippen LogP contribution in [0.2, 0.25) is 0 Å². The van der Waals surface area contributed by atoms with Crippen LogP contribution in [0.4, 0.5) is 5.69 Å². The minimum absolute atomic E-state index is 0.813. The Morgan fingerprint density at radius 1 is 1.35 bits per heavy atom. The first-order valence-corrected chi connectivity index (χ1v) is 6.65. The van der Waals surface area contributed by atoms with Crippen molar-refractivity contribution in [2.45, 2.75) is 19.3 Å². The van der Waals surface area contributed by atoms with Crippen LogP contribution in [-0.2, 0) is 6.42 Å². The standard InChI is InChI=1S/C13H16BrN3/c1-2-6-11-7-5-8-12(14)13(11)15-16-17-9-3-4-10-17/h2,5,7-8H,1,3-4,6,9-10H2. The van der Waals surface area contributed by atoms with Gasteiger partial charge in [0, 0.05) is 17.6 Å². The highest BCUT2D eigenvalue weighted by Crippen LogP contribution is 2.30. The van der Waals surface area contributed by atoms with E-state index in [0.29, 0.717) is 0 Å². The Hall–Kier alpha value is -1.16. The Morgan fingerprint density at radius 3 is 2.82 bits per heavy atom. The molecule has 1 saturated heterocycles. The fourth-order valence-electron chi connectivity index (χ4n) is 1.89. The molecule has 90 valence electrons. The third-order valence-corrected chi connectivity index (χ3v) is 3.43. The second-order valence-corrected chi connectivity index (χ2v) is 4.94. The number of hydrogen-bond donors (Lipinski definition) is 0. The minimum Gasteiger partial charge on any atom is -0.278 e. The van der Waals surface area contributed by atoms with Crippen LogP contribution < -0.4 is 0 Å². The van der Waals surface area contributed by atoms with Gasteiger partial charge in [-0.3, -0.25) is 5.01 Å². The van der Waals surface area contributed by atoms with Gasteiger partial charge < -0.3 is 0 Å². The molecule has 0 aliphatic carbocycles. The van der Waals surface area contributed by atoms with E-state index in [2.05, 4.69) is 38.9 Å². The van der Waals surface area contributed by atoms with E-state index in [9.17, 15) is 0 Å². The quantitative estimate of drug-likeness (QED) is 0.602. The van der Waals surface area contributed by atoms with Gasteiger partial charge in [0.1, 0.15) is 5.69 Å². The molecule has 0 unspecified atom stereocenters. The van der Waals surface area contributed by atoms with Gasteiger partial charge in [-0.2, -0.15) is 0 Å². The first-order valence-electron chi connectivity index (χ1n) is 5.86. The largest absolute Gasteiger partial charge is 0.278 e. The molecule has 1 aromatic carbocycles. The molecule has 0 bridgehead atoms. The summed E-state index contributed by atoms with van der Waals surface area (Å²) >= 11 is 3.52. The van der Waals surface area contributed by atoms with Gasteiger partial charge in [0.2, 0.25) is 0 Å². The van der Waals surface area contributed by atoms with Gasteiger partial charge in [-0.15, -0.1) is 11.7 Å². The van der Waals surface area contributed by atoms with Crippen molar-refractivity contribution < 1.29 is 0 Å². The summed E-state index contributed by atoms with van der Waals surface area (Å²) in [6.45, 7) is 5.80. The van der Waals surface area contributed by atoms with E-state index >= 15 is 0 Å². The van der Waals surface area contributed by atoms with Crippen molar-refractivity contribution in [3.8, 4) is 0 Å². The van der Waals surface area contributed by atoms with Crippen LogP contribution in [-0.4, -0.2) is 18.1 Å². The molecule has 2 rings (SSSR count). The summed E-state index contributed by atoms with van der Waals surface area (Å²) in [6, 6.07) is 6.06. The molecule has 0 saturated carbocycles. The van der Waals surface area contributed by atoms with E-state index in [1.54, 1.807) is 0 Å². The third-order valence-electron chi connectivity index (χ3n) is 2.79. The Labute approximate surface area is 110 Å². The second kappa shape index (κ2) is 5.96. The lowest BCUT2D eigenvalue weighted by Crippen LogP contribution is -2.09. The SMILES string of the molecule is C=CCc1cccc(Br)c1N=NN1CCCC1. The van der Waals surface area contributed by atoms with Crippen LogP contribution in [0.5, 0.6) is 0 Å². The van der Waals surface area contributed by atoms with Crippen LogP contribution in [0, 0.1) is 0 Å². The van der Waals surface area contributed by atoms with Crippen molar-refractivity contribution in [3.05, 3.63) is 40.9 Å². The fourth-order valence-corrected chi connectivity index (χ4v) is 2.38. The molecule has 1 aliphatic rings. The summed E-state index contributed by atoms with van der Waals surface area (Å²) < 4.78 is 0.986. The van der Waals surface area contributed by atoms with Crippen molar-refractivity contribution in [1.29, 1.82) is 0 Å². The molecule has 0 aromatic heterocycles. The van der Waals surface area contributed by atoms with E-state index in [1.807, 2.05) is 23.2 Å². The minimum atomic E-state index is 0.813. The number of rotatable bonds is 4. The number of allylic oxidation sites excluding steroid dienone is 1. The van der Waals surface area contributed by atoms with Gasteiger partial charge in [-0.1, -0.05) is 23.4 Å². The van der Waals surface area contributed by atoms with Crippen LogP contribution in [0.3, 0.4) is 0 Å². The van der Waals surface area contributed by atoms with Crippen molar-refractivity contribution >= 4 is 21.6 Å². The first kappa shape index (κ1) is 12.3. The van der Waals surface area contributed by atoms with Gasteiger partial charge >= 0.3 is 0 Å². The Kier molecular flexibility index (Phi) is 4.31. The van der Waals surface area contributed by atoms with Crippen molar-refractivity contribution in [1.82, 2.24) is 5.01 Å². The van der Waals surface area contributed by atoms with Crippen LogP contribution in [0.1, 0.15) is 18.4 Å². The highest BCUT2D eigenvalue weighted by molar-refractivity contribution is 9.10. The normalized spacial score (nSPS) is 15.7. The summed E-state index contributed by atoms with van der Waals surface area (Å²) in [6.07, 6.45) is 5.13. The highest BCUT2D eigenvalue weighted by atomic mass is 79.9. The van der Waals surface area contributed by atoms with Gasteiger partial charge in [-0.05, 0) is 46.8 Å². The van der Waals surface area contributed by atoms with Gasteiger partial charge in [0.25, 0.3) is 0 Å². The maximum atomic E-state index is 4.36. The van der Waals surface area contributed by atoms with Crippen LogP contribution in [0.25, 0.3) is 0 Å². The summed E-state index contributed by atoms with van der Waals surface area (Å²) in [5.74, 6) is 0. The Bertz CT molecular complexity index is 423. The molecule has 1 aromatic rings. The second-order valence-electron chi connectivity index (χ2n) is 4.09. The zero-order chi connectivity index (χ0) is 12.1. The van der Waals surface area contributed by atoms with E-state index in [1.165, 1.54) is 12.8 Å². The van der Waals surface area contributed by atoms with Crippen LogP contribution in [0.15, 0.2) is 45.7 Å². The van der Waals surface area contributed by atoms with E-state index < -0.39 is 0 Å². The summed E-state index contributed by atoms with van der Waals surface area (Å²) in [5.41, 5.74) is 2.07. The Morgan fingerprint density at radius 2 is 2.12 bits per heavy atom. The summed E-state index contributed by atoms with van der Waals surface area (Å²) in [4.78, 5) is 0. The molecule has 1 aliphatic heterocycles. The predicted molar refractivity (Wildman–Crippen MR) is 73.4 cm³/mol. The maximum Gasteiger partial charge on any atom is 0.105 e. The zero-order valence-electron chi connectivity index (χ0n) is 9.77. The molecule has 0 atom stereocenters. The summed E-state index contributed by atoms with van der Waals surface area (Å²) in [7, 11) is 0. The molecule has 0 N–H and O–H groups in total. The lowest BCUT2D eigenvalue weighted by atomic mass is 10.1. The number of nitrogens with zero attached hydrogens (tertiary/aromatic N) is 3. The average molecular weight is 294 g/mol. The lowest BCUT2D eigenvalue weighted by Gasteiger charge is -2.09. The molecule has 17 heavy (non-hydrogen) atoms. The molecule has 0 spiro atoms. The molecule has 4 heteroatoms. The van der Waals surface area contributed by atoms with Gasteiger partial charge in [0.05, 0.1) is 0 Å². The van der Waals surface area contributed by atoms with E-state index in [4.69, 9.17) is 0 Å². The lowest BCUT2D eigenvalue weighted by molar-refractivity contribution is 0.336. The van der Waals surface area contributed by atoms with E-state index in [0.717, 1.165) is 35.2 Å². The molecular formula is C13H16BrN3. The molecule has 1 heterocycles. The number of benzene rings is 1. The molecule has 0 radical (unpaired) electrons. The average Bonchev–Trinajstić information content (AvgIpc) is 2.82. The monoisotopic (exact) mass is 293 g/mol. The van der Waals surface area contributed by atoms with Gasteiger partial charge in [0.15, 0.2) is 0 Å². The van der Waals surface area contributed by atoms with Crippen molar-refractivity contribution in [3.63, 3.8) is 0 Å². The first-order chi connectivity index (χ1) is 8.31. The highest BCUT2D eigenvalue weighted by Gasteiger charge is 2.10. The molecule has 3 nitrogen and oxygen atoms in total. The Balaban J connectivity index is 2.20. The molecule has 0 amide bonds. The fraction of sp³-hybridized carbons (Fsp3) is 0.385. The van der Waals surface area contributed by atoms with Crippen molar-refractivity contribution in [2.24, 2.45) is 10.3 Å². The van der Waals surface area contributed by atoms with E-state index in [-0.39, 0.29) is 0 Å². The topological polar surface area (TPSA) is 28.0 Å². The molecular weight excluding hydrogens is 278 g/mol. The third kappa shape index (κ3) is 3.16. The maximum absolute atomic E-state index is 4.36. The summed E-state index contributed by atoms with van der Waals surface area (Å²) in [5, 5.41) is 10.7. The van der Waals surface area contributed by atoms with Crippen molar-refractivity contribution in [2.75, 3.05) is 13.1 Å². The predicted octanol–water partition coefficient (Wildman–Crippen LogP) is 4.27. The number of hydrogen-bond acceptors (Lipinski definition) is 2. The zero-order valence-corrected chi connectivity index (χ0v) is 11.4. The number of halogens is 1.